The van der Waals surface area contributed by atoms with Gasteiger partial charge in [-0.05, 0) is 61.4 Å². The Morgan fingerprint density at radius 3 is 2.49 bits per heavy atom. The molecule has 0 unspecified atom stereocenters. The van der Waals surface area contributed by atoms with Crippen molar-refractivity contribution in [3.8, 4) is 17.2 Å². The Morgan fingerprint density at radius 2 is 1.74 bits per heavy atom. The number of para-hydroxylation sites is 1. The Balaban J connectivity index is 1.43. The molecule has 7 heteroatoms. The summed E-state index contributed by atoms with van der Waals surface area (Å²) in [6.45, 7) is 3.19. The molecule has 5 rings (SSSR count). The molecule has 35 heavy (non-hydrogen) atoms. The van der Waals surface area contributed by atoms with Crippen LogP contribution < -0.4 is 14.2 Å². The van der Waals surface area contributed by atoms with E-state index < -0.39 is 0 Å². The summed E-state index contributed by atoms with van der Waals surface area (Å²) in [5.41, 5.74) is 2.85. The van der Waals surface area contributed by atoms with Gasteiger partial charge in [-0.2, -0.15) is 0 Å². The van der Waals surface area contributed by atoms with Crippen molar-refractivity contribution in [2.45, 2.75) is 19.8 Å². The van der Waals surface area contributed by atoms with E-state index in [-0.39, 0.29) is 12.7 Å². The van der Waals surface area contributed by atoms with Crippen LogP contribution in [0.15, 0.2) is 82.7 Å². The van der Waals surface area contributed by atoms with E-state index in [1.807, 2.05) is 73.7 Å². The zero-order valence-electron chi connectivity index (χ0n) is 19.5. The highest BCUT2D eigenvalue weighted by Gasteiger charge is 2.33. The molecule has 0 radical (unpaired) electrons. The molecular formula is C28H26N2O4S. The van der Waals surface area contributed by atoms with E-state index in [1.165, 1.54) is 17.3 Å². The molecule has 2 heterocycles. The van der Waals surface area contributed by atoms with Crippen LogP contribution in [0.1, 0.15) is 24.5 Å². The number of aliphatic imine (C=N–C) groups is 1. The number of carbonyl (C=O) groups is 1. The predicted octanol–water partition coefficient (Wildman–Crippen LogP) is 6.05. The van der Waals surface area contributed by atoms with Gasteiger partial charge in [-0.3, -0.25) is 9.69 Å². The molecule has 178 valence electrons. The molecule has 3 aromatic rings. The van der Waals surface area contributed by atoms with E-state index in [2.05, 4.69) is 12.1 Å². The fourth-order valence-electron chi connectivity index (χ4n) is 3.96. The normalized spacial score (nSPS) is 16.9. The van der Waals surface area contributed by atoms with Crippen molar-refractivity contribution in [2.75, 3.05) is 19.9 Å². The van der Waals surface area contributed by atoms with Gasteiger partial charge in [0, 0.05) is 18.2 Å². The zero-order valence-corrected chi connectivity index (χ0v) is 20.3. The molecule has 2 aliphatic heterocycles. The van der Waals surface area contributed by atoms with Crippen LogP contribution in [-0.2, 0) is 11.2 Å². The van der Waals surface area contributed by atoms with Crippen LogP contribution in [0.2, 0.25) is 0 Å². The van der Waals surface area contributed by atoms with Gasteiger partial charge in [0.25, 0.3) is 5.91 Å². The molecule has 0 aromatic heterocycles. The summed E-state index contributed by atoms with van der Waals surface area (Å²) in [6, 6.07) is 23.7. The monoisotopic (exact) mass is 486 g/mol. The van der Waals surface area contributed by atoms with Crippen molar-refractivity contribution in [1.82, 2.24) is 4.90 Å². The topological polar surface area (TPSA) is 60.4 Å². The second-order valence-corrected chi connectivity index (χ2v) is 9.07. The first-order valence-electron chi connectivity index (χ1n) is 11.7. The number of fused-ring (bicyclic) bond motifs is 1. The largest absolute Gasteiger partial charge is 0.493 e. The number of nitrogens with zero attached hydrogens (tertiary/aromatic N) is 2. The predicted molar refractivity (Wildman–Crippen MR) is 139 cm³/mol. The van der Waals surface area contributed by atoms with E-state index in [9.17, 15) is 4.79 Å². The van der Waals surface area contributed by atoms with Crippen LogP contribution in [0.4, 0.5) is 5.69 Å². The third kappa shape index (κ3) is 5.35. The van der Waals surface area contributed by atoms with Gasteiger partial charge in [-0.25, -0.2) is 4.99 Å². The maximum atomic E-state index is 13.5. The molecule has 6 nitrogen and oxygen atoms in total. The SMILES string of the molecule is CCOc1cc2c(cc1/C=C1/SC(=Nc3ccccc3)N(CCCc3ccccc3)C1=O)OCO2. The number of benzene rings is 3. The number of aryl methyl sites for hydroxylation is 1. The van der Waals surface area contributed by atoms with Crippen molar-refractivity contribution >= 4 is 34.6 Å². The summed E-state index contributed by atoms with van der Waals surface area (Å²) in [4.78, 5) is 20.7. The summed E-state index contributed by atoms with van der Waals surface area (Å²) in [6.07, 6.45) is 3.59. The maximum Gasteiger partial charge on any atom is 0.266 e. The van der Waals surface area contributed by atoms with E-state index in [0.717, 1.165) is 24.1 Å². The van der Waals surface area contributed by atoms with Crippen LogP contribution in [0.5, 0.6) is 17.2 Å². The standard InChI is InChI=1S/C28H26N2O4S/c1-2-32-23-18-25-24(33-19-34-25)16-21(23)17-26-27(31)30(15-9-12-20-10-5-3-6-11-20)28(35-26)29-22-13-7-4-8-14-22/h3-8,10-11,13-14,16-18H,2,9,12,15,19H2,1H3/b26-17+,29-28?. The minimum atomic E-state index is -0.0575. The Morgan fingerprint density at radius 1 is 1.03 bits per heavy atom. The number of amidine groups is 1. The summed E-state index contributed by atoms with van der Waals surface area (Å²) in [7, 11) is 0. The highest BCUT2D eigenvalue weighted by molar-refractivity contribution is 8.18. The molecule has 0 atom stereocenters. The van der Waals surface area contributed by atoms with Gasteiger partial charge < -0.3 is 14.2 Å². The number of thioether (sulfide) groups is 1. The Bertz CT molecular complexity index is 1260. The molecule has 1 saturated heterocycles. The fraction of sp³-hybridized carbons (Fsp3) is 0.214. The average Bonchev–Trinajstić information content (AvgIpc) is 3.45. The average molecular weight is 487 g/mol. The van der Waals surface area contributed by atoms with Gasteiger partial charge >= 0.3 is 0 Å². The van der Waals surface area contributed by atoms with Crippen LogP contribution in [0, 0.1) is 0 Å². The highest BCUT2D eigenvalue weighted by atomic mass is 32.2. The van der Waals surface area contributed by atoms with Gasteiger partial charge in [0.05, 0.1) is 17.2 Å². The molecule has 0 spiro atoms. The minimum Gasteiger partial charge on any atom is -0.493 e. The summed E-state index contributed by atoms with van der Waals surface area (Å²) >= 11 is 1.38. The first-order valence-corrected chi connectivity index (χ1v) is 12.5. The molecule has 3 aromatic carbocycles. The second-order valence-electron chi connectivity index (χ2n) is 8.06. The third-order valence-electron chi connectivity index (χ3n) is 5.65. The van der Waals surface area contributed by atoms with Gasteiger partial charge in [0.15, 0.2) is 16.7 Å². The lowest BCUT2D eigenvalue weighted by Gasteiger charge is -2.15. The second kappa shape index (κ2) is 10.7. The number of hydrogen-bond donors (Lipinski definition) is 0. The van der Waals surface area contributed by atoms with Crippen LogP contribution >= 0.6 is 11.8 Å². The summed E-state index contributed by atoms with van der Waals surface area (Å²) in [5.74, 6) is 1.89. The molecule has 1 fully saturated rings. The molecule has 0 aliphatic carbocycles. The number of hydrogen-bond acceptors (Lipinski definition) is 6. The summed E-state index contributed by atoms with van der Waals surface area (Å²) < 4.78 is 16.9. The number of rotatable bonds is 8. The van der Waals surface area contributed by atoms with Gasteiger partial charge in [0.1, 0.15) is 5.75 Å². The first kappa shape index (κ1) is 23.1. The van der Waals surface area contributed by atoms with Crippen molar-refractivity contribution in [3.63, 3.8) is 0 Å². The fourth-order valence-corrected chi connectivity index (χ4v) is 4.98. The maximum absolute atomic E-state index is 13.5. The van der Waals surface area contributed by atoms with Gasteiger partial charge in [-0.1, -0.05) is 48.5 Å². The lowest BCUT2D eigenvalue weighted by molar-refractivity contribution is -0.122. The van der Waals surface area contributed by atoms with Crippen LogP contribution in [0.3, 0.4) is 0 Å². The van der Waals surface area contributed by atoms with E-state index in [4.69, 9.17) is 19.2 Å². The third-order valence-corrected chi connectivity index (χ3v) is 6.66. The van der Waals surface area contributed by atoms with Crippen LogP contribution in [0.25, 0.3) is 6.08 Å². The Kier molecular flexibility index (Phi) is 7.04. The van der Waals surface area contributed by atoms with E-state index in [0.29, 0.717) is 40.5 Å². The van der Waals surface area contributed by atoms with Gasteiger partial charge in [0.2, 0.25) is 6.79 Å². The lowest BCUT2D eigenvalue weighted by atomic mass is 10.1. The Hall–Kier alpha value is -3.71. The molecule has 1 amide bonds. The number of carbonyl (C=O) groups excluding carboxylic acids is 1. The minimum absolute atomic E-state index is 0.0575. The first-order chi connectivity index (χ1) is 17.2. The zero-order chi connectivity index (χ0) is 24.0. The number of amides is 1. The van der Waals surface area contributed by atoms with Gasteiger partial charge in [-0.15, -0.1) is 0 Å². The van der Waals surface area contributed by atoms with Crippen molar-refractivity contribution in [3.05, 3.63) is 88.8 Å². The van der Waals surface area contributed by atoms with Crippen molar-refractivity contribution in [2.24, 2.45) is 4.99 Å². The van der Waals surface area contributed by atoms with E-state index in [1.54, 1.807) is 4.90 Å². The molecule has 0 bridgehead atoms. The van der Waals surface area contributed by atoms with Crippen molar-refractivity contribution < 1.29 is 19.0 Å². The summed E-state index contributed by atoms with van der Waals surface area (Å²) in [5, 5.41) is 0.680. The lowest BCUT2D eigenvalue weighted by Crippen LogP contribution is -2.30. The van der Waals surface area contributed by atoms with Crippen molar-refractivity contribution in [1.29, 1.82) is 0 Å². The molecular weight excluding hydrogens is 460 g/mol. The van der Waals surface area contributed by atoms with E-state index >= 15 is 0 Å². The highest BCUT2D eigenvalue weighted by Crippen LogP contribution is 2.41. The molecule has 2 aliphatic rings. The Labute approximate surface area is 209 Å². The molecule has 0 saturated carbocycles. The van der Waals surface area contributed by atoms with Crippen LogP contribution in [-0.4, -0.2) is 35.9 Å². The molecule has 0 N–H and O–H groups in total. The smallest absolute Gasteiger partial charge is 0.266 e. The number of ether oxygens (including phenoxy) is 3. The quantitative estimate of drug-likeness (QED) is 0.363.